The summed E-state index contributed by atoms with van der Waals surface area (Å²) in [5.41, 5.74) is 2.81. The molecule has 1 aliphatic heterocycles. The molecule has 1 aliphatic rings. The van der Waals surface area contributed by atoms with E-state index in [9.17, 15) is 9.59 Å². The first-order valence-electron chi connectivity index (χ1n) is 8.68. The quantitative estimate of drug-likeness (QED) is 0.752. The molecule has 1 aromatic carbocycles. The summed E-state index contributed by atoms with van der Waals surface area (Å²) in [6.45, 7) is 1.33. The van der Waals surface area contributed by atoms with Crippen LogP contribution >= 0.6 is 0 Å². The van der Waals surface area contributed by atoms with E-state index in [0.717, 1.165) is 22.7 Å². The van der Waals surface area contributed by atoms with Crippen LogP contribution in [0.1, 0.15) is 27.4 Å². The van der Waals surface area contributed by atoms with Crippen LogP contribution in [0.5, 0.6) is 5.75 Å². The van der Waals surface area contributed by atoms with E-state index in [-0.39, 0.29) is 17.2 Å². The minimum absolute atomic E-state index is 0.202. The summed E-state index contributed by atoms with van der Waals surface area (Å²) in [5, 5.41) is 11.5. The van der Waals surface area contributed by atoms with E-state index in [1.807, 2.05) is 30.3 Å². The normalized spacial score (nSPS) is 13.3. The Morgan fingerprint density at radius 2 is 2.04 bits per heavy atom. The van der Waals surface area contributed by atoms with Gasteiger partial charge in [0.1, 0.15) is 23.7 Å². The van der Waals surface area contributed by atoms with Gasteiger partial charge in [0, 0.05) is 43.9 Å². The van der Waals surface area contributed by atoms with Crippen LogP contribution in [-0.2, 0) is 26.6 Å². The lowest BCUT2D eigenvalue weighted by atomic mass is 10.1. The van der Waals surface area contributed by atoms with Crippen molar-refractivity contribution in [3.05, 3.63) is 75.5 Å². The first-order chi connectivity index (χ1) is 13.1. The molecule has 0 bridgehead atoms. The van der Waals surface area contributed by atoms with Crippen LogP contribution < -0.4 is 10.3 Å². The van der Waals surface area contributed by atoms with Gasteiger partial charge in [-0.1, -0.05) is 18.2 Å². The average molecular weight is 365 g/mol. The zero-order valence-corrected chi connectivity index (χ0v) is 14.9. The topological polar surface area (TPSA) is 93.1 Å². The number of aromatic amines is 1. The number of carbonyl (C=O) groups excluding carboxylic acids is 1. The van der Waals surface area contributed by atoms with Crippen LogP contribution in [-0.4, -0.2) is 37.3 Å². The first kappa shape index (κ1) is 17.0. The number of fused-ring (bicyclic) bond motifs is 1. The number of H-pyrrole nitrogens is 1. The molecular formula is C19H19N5O3. The third kappa shape index (κ3) is 3.46. The van der Waals surface area contributed by atoms with Crippen molar-refractivity contribution in [3.8, 4) is 5.75 Å². The van der Waals surface area contributed by atoms with Crippen LogP contribution in [0.15, 0.2) is 47.3 Å². The first-order valence-corrected chi connectivity index (χ1v) is 8.68. The zero-order valence-electron chi connectivity index (χ0n) is 14.9. The van der Waals surface area contributed by atoms with Gasteiger partial charge in [-0.2, -0.15) is 10.2 Å². The van der Waals surface area contributed by atoms with E-state index >= 15 is 0 Å². The minimum atomic E-state index is -0.248. The van der Waals surface area contributed by atoms with Gasteiger partial charge in [-0.3, -0.25) is 14.7 Å². The molecule has 27 heavy (non-hydrogen) atoms. The number of aromatic nitrogens is 4. The van der Waals surface area contributed by atoms with Gasteiger partial charge in [-0.05, 0) is 18.2 Å². The SMILES string of the molecule is Cn1nc(C(=O)N2CCc3[nH]nc(COc4ccccc4)c3C2)ccc1=O. The smallest absolute Gasteiger partial charge is 0.274 e. The minimum Gasteiger partial charge on any atom is -0.487 e. The van der Waals surface area contributed by atoms with Gasteiger partial charge in [-0.25, -0.2) is 4.68 Å². The number of nitrogens with one attached hydrogen (secondary N) is 1. The monoisotopic (exact) mass is 365 g/mol. The number of benzene rings is 1. The van der Waals surface area contributed by atoms with Crippen LogP contribution in [0.25, 0.3) is 0 Å². The molecule has 8 nitrogen and oxygen atoms in total. The van der Waals surface area contributed by atoms with Gasteiger partial charge < -0.3 is 9.64 Å². The fourth-order valence-electron chi connectivity index (χ4n) is 3.09. The van der Waals surface area contributed by atoms with Crippen molar-refractivity contribution >= 4 is 5.91 Å². The van der Waals surface area contributed by atoms with Gasteiger partial charge >= 0.3 is 0 Å². The van der Waals surface area contributed by atoms with Crippen LogP contribution in [0, 0.1) is 0 Å². The molecular weight excluding hydrogens is 346 g/mol. The van der Waals surface area contributed by atoms with E-state index in [2.05, 4.69) is 15.3 Å². The molecule has 0 unspecified atom stereocenters. The molecule has 0 radical (unpaired) electrons. The maximum absolute atomic E-state index is 12.8. The van der Waals surface area contributed by atoms with Crippen molar-refractivity contribution in [2.24, 2.45) is 7.05 Å². The van der Waals surface area contributed by atoms with E-state index < -0.39 is 0 Å². The molecule has 0 spiro atoms. The third-order valence-electron chi connectivity index (χ3n) is 4.60. The predicted molar refractivity (Wildman–Crippen MR) is 97.3 cm³/mol. The maximum Gasteiger partial charge on any atom is 0.274 e. The third-order valence-corrected chi connectivity index (χ3v) is 4.60. The molecule has 0 fully saturated rings. The van der Waals surface area contributed by atoms with Crippen molar-refractivity contribution in [1.82, 2.24) is 24.9 Å². The number of rotatable bonds is 4. The predicted octanol–water partition coefficient (Wildman–Crippen LogP) is 1.28. The molecule has 3 heterocycles. The molecule has 2 aromatic heterocycles. The second kappa shape index (κ2) is 7.06. The van der Waals surface area contributed by atoms with Crippen LogP contribution in [0.4, 0.5) is 0 Å². The Bertz CT molecular complexity index is 1030. The summed E-state index contributed by atoms with van der Waals surface area (Å²) in [4.78, 5) is 26.0. The Labute approximate surface area is 155 Å². The van der Waals surface area contributed by atoms with Crippen molar-refractivity contribution in [1.29, 1.82) is 0 Å². The van der Waals surface area contributed by atoms with Crippen molar-refractivity contribution in [2.45, 2.75) is 19.6 Å². The fourth-order valence-corrected chi connectivity index (χ4v) is 3.09. The van der Waals surface area contributed by atoms with Crippen molar-refractivity contribution in [3.63, 3.8) is 0 Å². The summed E-state index contributed by atoms with van der Waals surface area (Å²) in [7, 11) is 1.53. The Morgan fingerprint density at radius 1 is 1.22 bits per heavy atom. The molecule has 4 rings (SSSR count). The molecule has 3 aromatic rings. The molecule has 0 atom stereocenters. The molecule has 0 saturated carbocycles. The summed E-state index contributed by atoms with van der Waals surface area (Å²) in [6, 6.07) is 12.4. The Balaban J connectivity index is 1.50. The van der Waals surface area contributed by atoms with Gasteiger partial charge in [0.25, 0.3) is 11.5 Å². The molecule has 0 saturated heterocycles. The average Bonchev–Trinajstić information content (AvgIpc) is 3.11. The van der Waals surface area contributed by atoms with Gasteiger partial charge in [0.15, 0.2) is 0 Å². The van der Waals surface area contributed by atoms with Gasteiger partial charge in [0.2, 0.25) is 0 Å². The highest BCUT2D eigenvalue weighted by Crippen LogP contribution is 2.22. The summed E-state index contributed by atoms with van der Waals surface area (Å²) in [6.07, 6.45) is 0.686. The Hall–Kier alpha value is -3.42. The zero-order chi connectivity index (χ0) is 18.8. The number of hydrogen-bond donors (Lipinski definition) is 1. The maximum atomic E-state index is 12.8. The standard InChI is InChI=1S/C19H19N5O3/c1-23-18(25)8-7-16(22-23)19(26)24-10-9-15-14(11-24)17(21-20-15)12-27-13-5-3-2-4-6-13/h2-8H,9-12H2,1H3,(H,20,21). The molecule has 0 aliphatic carbocycles. The molecule has 8 heteroatoms. The van der Waals surface area contributed by atoms with Crippen LogP contribution in [0.3, 0.4) is 0 Å². The highest BCUT2D eigenvalue weighted by Gasteiger charge is 2.27. The summed E-state index contributed by atoms with van der Waals surface area (Å²) < 4.78 is 6.96. The number of nitrogens with zero attached hydrogens (tertiary/aromatic N) is 4. The lowest BCUT2D eigenvalue weighted by molar-refractivity contribution is 0.0724. The summed E-state index contributed by atoms with van der Waals surface area (Å²) >= 11 is 0. The second-order valence-electron chi connectivity index (χ2n) is 6.39. The highest BCUT2D eigenvalue weighted by molar-refractivity contribution is 5.92. The van der Waals surface area contributed by atoms with Gasteiger partial charge in [0.05, 0.1) is 0 Å². The van der Waals surface area contributed by atoms with E-state index in [0.29, 0.717) is 26.1 Å². The van der Waals surface area contributed by atoms with Crippen molar-refractivity contribution < 1.29 is 9.53 Å². The highest BCUT2D eigenvalue weighted by atomic mass is 16.5. The molecule has 138 valence electrons. The number of ether oxygens (including phenoxy) is 1. The lowest BCUT2D eigenvalue weighted by Gasteiger charge is -2.27. The van der Waals surface area contributed by atoms with E-state index in [4.69, 9.17) is 4.74 Å². The number of amides is 1. The number of aryl methyl sites for hydroxylation is 1. The van der Waals surface area contributed by atoms with E-state index in [1.54, 1.807) is 4.90 Å². The molecule has 1 N–H and O–H groups in total. The second-order valence-corrected chi connectivity index (χ2v) is 6.39. The Morgan fingerprint density at radius 3 is 2.81 bits per heavy atom. The lowest BCUT2D eigenvalue weighted by Crippen LogP contribution is -2.37. The number of hydrogen-bond acceptors (Lipinski definition) is 5. The van der Waals surface area contributed by atoms with Crippen molar-refractivity contribution in [2.75, 3.05) is 6.54 Å². The Kier molecular flexibility index (Phi) is 4.45. The van der Waals surface area contributed by atoms with Gasteiger partial charge in [-0.15, -0.1) is 0 Å². The van der Waals surface area contributed by atoms with E-state index in [1.165, 1.54) is 23.9 Å². The summed E-state index contributed by atoms with van der Waals surface area (Å²) in [5.74, 6) is 0.569. The largest absolute Gasteiger partial charge is 0.487 e. The van der Waals surface area contributed by atoms with Crippen LogP contribution in [0.2, 0.25) is 0 Å². The molecule has 1 amide bonds. The number of para-hydroxylation sites is 1. The fraction of sp³-hybridized carbons (Fsp3) is 0.263. The number of carbonyl (C=O) groups is 1.